The minimum absolute atomic E-state index is 0.0650. The van der Waals surface area contributed by atoms with Gasteiger partial charge in [0.15, 0.2) is 0 Å². The number of aliphatic hydroxyl groups excluding tert-OH is 2. The van der Waals surface area contributed by atoms with Gasteiger partial charge >= 0.3 is 5.97 Å². The van der Waals surface area contributed by atoms with Crippen LogP contribution in [0.25, 0.3) is 0 Å². The van der Waals surface area contributed by atoms with E-state index in [0.717, 1.165) is 6.42 Å². The van der Waals surface area contributed by atoms with Crippen molar-refractivity contribution in [2.24, 2.45) is 11.8 Å². The van der Waals surface area contributed by atoms with Crippen LogP contribution in [0.3, 0.4) is 0 Å². The van der Waals surface area contributed by atoms with Crippen molar-refractivity contribution in [2.45, 2.75) is 76.1 Å². The number of alkyl halides is 1. The second-order valence-corrected chi connectivity index (χ2v) is 7.90. The van der Waals surface area contributed by atoms with Gasteiger partial charge in [-0.25, -0.2) is 0 Å². The average Bonchev–Trinajstić information content (AvgIpc) is 2.82. The summed E-state index contributed by atoms with van der Waals surface area (Å²) in [4.78, 5) is 10.5. The Morgan fingerprint density at radius 1 is 1.19 bits per heavy atom. The lowest BCUT2D eigenvalue weighted by Gasteiger charge is -2.22. The third-order valence-corrected chi connectivity index (χ3v) is 5.28. The molecule has 0 aromatic rings. The molecule has 0 amide bonds. The molecular weight excluding hydrogens is 356 g/mol. The molecule has 0 spiro atoms. The quantitative estimate of drug-likeness (QED) is 0.234. The first kappa shape index (κ1) is 23.2. The van der Waals surface area contributed by atoms with Crippen LogP contribution in [0.5, 0.6) is 0 Å². The highest BCUT2D eigenvalue weighted by Gasteiger charge is 2.39. The Kier molecular flexibility index (Phi) is 10.5. The van der Waals surface area contributed by atoms with Gasteiger partial charge in [-0.05, 0) is 51.4 Å². The maximum atomic E-state index is 10.5. The number of allylic oxidation sites excluding steroid dienone is 2. The van der Waals surface area contributed by atoms with Gasteiger partial charge in [-0.15, -0.1) is 11.6 Å². The smallest absolute Gasteiger partial charge is 0.303 e. The van der Waals surface area contributed by atoms with Crippen molar-refractivity contribution in [3.63, 3.8) is 0 Å². The molecule has 0 heterocycles. The van der Waals surface area contributed by atoms with Crippen LogP contribution >= 0.6 is 11.6 Å². The minimum atomic E-state index is -0.812. The van der Waals surface area contributed by atoms with Crippen molar-refractivity contribution >= 4 is 17.6 Å². The van der Waals surface area contributed by atoms with Crippen LogP contribution in [-0.4, -0.2) is 50.1 Å². The van der Waals surface area contributed by atoms with Gasteiger partial charge in [-0.2, -0.15) is 0 Å². The molecule has 1 aliphatic rings. The first-order chi connectivity index (χ1) is 12.3. The number of carboxylic acid groups (broad SMARTS) is 1. The van der Waals surface area contributed by atoms with Crippen molar-refractivity contribution in [1.82, 2.24) is 0 Å². The van der Waals surface area contributed by atoms with E-state index in [1.165, 1.54) is 0 Å². The predicted octanol–water partition coefficient (Wildman–Crippen LogP) is 3.26. The highest BCUT2D eigenvalue weighted by molar-refractivity contribution is 6.17. The van der Waals surface area contributed by atoms with E-state index in [9.17, 15) is 20.1 Å². The van der Waals surface area contributed by atoms with Gasteiger partial charge in [0.05, 0.1) is 17.8 Å². The molecule has 1 fully saturated rings. The van der Waals surface area contributed by atoms with Crippen molar-refractivity contribution < 1.29 is 25.2 Å². The lowest BCUT2D eigenvalue weighted by molar-refractivity contribution is -0.137. The van der Waals surface area contributed by atoms with Gasteiger partial charge in [-0.1, -0.05) is 24.3 Å². The summed E-state index contributed by atoms with van der Waals surface area (Å²) in [7, 11) is 0. The van der Waals surface area contributed by atoms with E-state index in [0.29, 0.717) is 44.4 Å². The van der Waals surface area contributed by atoms with Gasteiger partial charge < -0.3 is 20.4 Å². The molecule has 5 atom stereocenters. The van der Waals surface area contributed by atoms with Crippen LogP contribution in [0.1, 0.15) is 58.3 Å². The summed E-state index contributed by atoms with van der Waals surface area (Å²) in [5.41, 5.74) is -0.812. The largest absolute Gasteiger partial charge is 0.481 e. The number of rotatable bonds is 12. The number of unbranched alkanes of at least 4 members (excludes halogenated alkanes) is 1. The average molecular weight is 389 g/mol. The molecule has 1 aliphatic carbocycles. The number of halogens is 1. The third kappa shape index (κ3) is 8.67. The summed E-state index contributed by atoms with van der Waals surface area (Å²) in [6.45, 7) is 1.78. The Bertz CT molecular complexity index is 475. The van der Waals surface area contributed by atoms with E-state index in [-0.39, 0.29) is 18.3 Å². The predicted molar refractivity (Wildman–Crippen MR) is 103 cm³/mol. The molecule has 0 aromatic heterocycles. The summed E-state index contributed by atoms with van der Waals surface area (Å²) in [6, 6.07) is 0. The van der Waals surface area contributed by atoms with Crippen LogP contribution in [0.2, 0.25) is 0 Å². The highest BCUT2D eigenvalue weighted by atomic mass is 35.5. The fourth-order valence-electron chi connectivity index (χ4n) is 3.48. The maximum Gasteiger partial charge on any atom is 0.303 e. The lowest BCUT2D eigenvalue weighted by atomic mass is 9.88. The normalized spacial score (nSPS) is 28.8. The Balaban J connectivity index is 2.51. The van der Waals surface area contributed by atoms with E-state index in [1.54, 1.807) is 6.92 Å². The van der Waals surface area contributed by atoms with E-state index < -0.39 is 23.8 Å². The zero-order valence-corrected chi connectivity index (χ0v) is 16.3. The van der Waals surface area contributed by atoms with E-state index in [2.05, 4.69) is 0 Å². The second-order valence-electron chi connectivity index (χ2n) is 7.53. The summed E-state index contributed by atoms with van der Waals surface area (Å²) < 4.78 is 0. The Hall–Kier alpha value is -0.880. The number of hydrogen-bond acceptors (Lipinski definition) is 4. The topological polar surface area (TPSA) is 98.0 Å². The van der Waals surface area contributed by atoms with Gasteiger partial charge in [0, 0.05) is 24.6 Å². The van der Waals surface area contributed by atoms with Crippen LogP contribution in [0.15, 0.2) is 24.3 Å². The first-order valence-electron chi connectivity index (χ1n) is 9.45. The van der Waals surface area contributed by atoms with Crippen LogP contribution in [0, 0.1) is 11.8 Å². The second kappa shape index (κ2) is 11.8. The monoisotopic (exact) mass is 388 g/mol. The Morgan fingerprint density at radius 3 is 2.58 bits per heavy atom. The van der Waals surface area contributed by atoms with Crippen LogP contribution in [-0.2, 0) is 4.79 Å². The SMILES string of the molecule is CC(O)(CC=C[C@@H]1[C@@H](CC=CCCCC(=O)O)[C@@H](O)C[C@H]1O)CCCCl. The van der Waals surface area contributed by atoms with Crippen molar-refractivity contribution in [1.29, 1.82) is 0 Å². The molecule has 1 rings (SSSR count). The molecule has 0 radical (unpaired) electrons. The van der Waals surface area contributed by atoms with Gasteiger partial charge in [-0.3, -0.25) is 4.79 Å². The number of aliphatic carboxylic acids is 1. The Morgan fingerprint density at radius 2 is 1.92 bits per heavy atom. The third-order valence-electron chi connectivity index (χ3n) is 5.02. The van der Waals surface area contributed by atoms with E-state index in [4.69, 9.17) is 16.7 Å². The van der Waals surface area contributed by atoms with Crippen LogP contribution in [0.4, 0.5) is 0 Å². The molecule has 5 nitrogen and oxygen atoms in total. The molecule has 0 saturated heterocycles. The molecule has 0 aromatic carbocycles. The molecular formula is C20H33ClO5. The summed E-state index contributed by atoms with van der Waals surface area (Å²) in [5, 5.41) is 39.3. The zero-order valence-electron chi connectivity index (χ0n) is 15.6. The fraction of sp³-hybridized carbons (Fsp3) is 0.750. The maximum absolute atomic E-state index is 10.5. The molecule has 4 N–H and O–H groups in total. The highest BCUT2D eigenvalue weighted by Crippen LogP contribution is 2.36. The molecule has 150 valence electrons. The van der Waals surface area contributed by atoms with Crippen molar-refractivity contribution in [3.8, 4) is 0 Å². The van der Waals surface area contributed by atoms with Crippen molar-refractivity contribution in [3.05, 3.63) is 24.3 Å². The molecule has 0 bridgehead atoms. The van der Waals surface area contributed by atoms with E-state index >= 15 is 0 Å². The Labute approximate surface area is 161 Å². The van der Waals surface area contributed by atoms with Crippen LogP contribution < -0.4 is 0 Å². The molecule has 0 aliphatic heterocycles. The van der Waals surface area contributed by atoms with E-state index in [1.807, 2.05) is 24.3 Å². The molecule has 6 heteroatoms. The molecule has 26 heavy (non-hydrogen) atoms. The minimum Gasteiger partial charge on any atom is -0.481 e. The molecule has 1 saturated carbocycles. The number of carboxylic acids is 1. The summed E-state index contributed by atoms with van der Waals surface area (Å²) in [5.74, 6) is -0.476. The van der Waals surface area contributed by atoms with Gasteiger partial charge in [0.25, 0.3) is 0 Å². The first-order valence-corrected chi connectivity index (χ1v) is 9.98. The number of aliphatic hydroxyl groups is 3. The summed E-state index contributed by atoms with van der Waals surface area (Å²) >= 11 is 5.67. The zero-order chi connectivity index (χ0) is 19.6. The standard InChI is InChI=1S/C20H33ClO5/c1-20(26,12-7-13-21)11-6-9-16-15(17(22)14-18(16)23)8-4-2-3-5-10-19(24)25/h2,4,6,9,15-18,22-23,26H,3,5,7-8,10-14H2,1H3,(H,24,25)/t15-,16-,17+,18-,20?/m1/s1. The van der Waals surface area contributed by atoms with Gasteiger partial charge in [0.1, 0.15) is 0 Å². The fourth-order valence-corrected chi connectivity index (χ4v) is 3.61. The number of hydrogen-bond donors (Lipinski definition) is 4. The van der Waals surface area contributed by atoms with Gasteiger partial charge in [0.2, 0.25) is 0 Å². The number of carbonyl (C=O) groups is 1. The lowest BCUT2D eigenvalue weighted by Crippen LogP contribution is -2.24. The summed E-state index contributed by atoms with van der Waals surface area (Å²) in [6.07, 6.45) is 10.9. The molecule has 1 unspecified atom stereocenters. The van der Waals surface area contributed by atoms with Crippen molar-refractivity contribution in [2.75, 3.05) is 5.88 Å².